The zero-order valence-electron chi connectivity index (χ0n) is 30.4. The predicted octanol–water partition coefficient (Wildman–Crippen LogP) is 13.2. The molecule has 1 atom stereocenters. The Morgan fingerprint density at radius 3 is 1.50 bits per heavy atom. The van der Waals surface area contributed by atoms with E-state index in [2.05, 4.69) is 201 Å². The molecule has 0 radical (unpaired) electrons. The Bertz CT molecular complexity index is 2680. The molecule has 0 saturated heterocycles. The lowest BCUT2D eigenvalue weighted by molar-refractivity contribution is 0.475. The molecule has 2 heteroatoms. The molecular weight excluding hydrogens is 655 g/mol. The van der Waals surface area contributed by atoms with E-state index in [1.807, 2.05) is 12.1 Å². The normalized spacial score (nSPS) is 15.9. The van der Waals surface area contributed by atoms with Crippen molar-refractivity contribution in [3.63, 3.8) is 0 Å². The summed E-state index contributed by atoms with van der Waals surface area (Å²) in [6.07, 6.45) is 0. The number of anilines is 3. The lowest BCUT2D eigenvalue weighted by Crippen LogP contribution is -2.28. The number of benzene rings is 8. The van der Waals surface area contributed by atoms with Gasteiger partial charge < -0.3 is 10.0 Å². The van der Waals surface area contributed by atoms with Gasteiger partial charge in [-0.15, -0.1) is 0 Å². The van der Waals surface area contributed by atoms with Crippen LogP contribution in [0.5, 0.6) is 5.75 Å². The van der Waals surface area contributed by atoms with Gasteiger partial charge in [-0.05, 0) is 115 Å². The number of aromatic hydroxyl groups is 1. The monoisotopic (exact) mass is 693 g/mol. The molecule has 0 bridgehead atoms. The van der Waals surface area contributed by atoms with E-state index in [-0.39, 0.29) is 11.2 Å². The highest BCUT2D eigenvalue weighted by molar-refractivity contribution is 5.91. The average molecular weight is 694 g/mol. The molecule has 0 aromatic heterocycles. The van der Waals surface area contributed by atoms with Crippen molar-refractivity contribution >= 4 is 17.1 Å². The molecule has 0 saturated carbocycles. The molecule has 0 aliphatic heterocycles. The van der Waals surface area contributed by atoms with Gasteiger partial charge in [-0.2, -0.15) is 0 Å². The van der Waals surface area contributed by atoms with Crippen molar-refractivity contribution in [3.05, 3.63) is 228 Å². The molecular formula is C52H39NO. The summed E-state index contributed by atoms with van der Waals surface area (Å²) in [5, 5.41) is 10.5. The molecule has 0 amide bonds. The van der Waals surface area contributed by atoms with Crippen LogP contribution >= 0.6 is 0 Å². The van der Waals surface area contributed by atoms with E-state index in [0.717, 1.165) is 22.6 Å². The fraction of sp³-hybridized carbons (Fsp3) is 0.0769. The number of fused-ring (bicyclic) bond motifs is 6. The Morgan fingerprint density at radius 2 is 0.833 bits per heavy atom. The Labute approximate surface area is 317 Å². The molecule has 2 aliphatic rings. The second kappa shape index (κ2) is 12.2. The largest absolute Gasteiger partial charge is 0.508 e. The average Bonchev–Trinajstić information content (AvgIpc) is 3.64. The van der Waals surface area contributed by atoms with Gasteiger partial charge in [0.15, 0.2) is 0 Å². The van der Waals surface area contributed by atoms with E-state index in [4.69, 9.17) is 0 Å². The summed E-state index contributed by atoms with van der Waals surface area (Å²) in [7, 11) is 0. The number of hydrogen-bond donors (Lipinski definition) is 1. The van der Waals surface area contributed by atoms with Crippen molar-refractivity contribution in [3.8, 4) is 39.1 Å². The summed E-state index contributed by atoms with van der Waals surface area (Å²) in [6, 6.07) is 69.8. The van der Waals surface area contributed by atoms with E-state index in [0.29, 0.717) is 0 Å². The Kier molecular flexibility index (Phi) is 7.25. The highest BCUT2D eigenvalue weighted by atomic mass is 16.3. The first-order chi connectivity index (χ1) is 26.4. The maximum Gasteiger partial charge on any atom is 0.115 e. The first kappa shape index (κ1) is 32.0. The third kappa shape index (κ3) is 4.73. The molecule has 2 aliphatic carbocycles. The molecule has 8 aromatic rings. The van der Waals surface area contributed by atoms with Crippen molar-refractivity contribution < 1.29 is 5.11 Å². The zero-order valence-corrected chi connectivity index (χ0v) is 30.4. The molecule has 0 spiro atoms. The quantitative estimate of drug-likeness (QED) is 0.187. The van der Waals surface area contributed by atoms with Crippen LogP contribution in [0.15, 0.2) is 194 Å². The molecule has 1 unspecified atom stereocenters. The second-order valence-corrected chi connectivity index (χ2v) is 15.1. The summed E-state index contributed by atoms with van der Waals surface area (Å²) in [4.78, 5) is 2.42. The summed E-state index contributed by atoms with van der Waals surface area (Å²) < 4.78 is 0. The van der Waals surface area contributed by atoms with Crippen LogP contribution in [0.4, 0.5) is 17.1 Å². The highest BCUT2D eigenvalue weighted by Gasteiger charge is 2.46. The van der Waals surface area contributed by atoms with Gasteiger partial charge in [-0.25, -0.2) is 0 Å². The summed E-state index contributed by atoms with van der Waals surface area (Å²) >= 11 is 0. The zero-order chi connectivity index (χ0) is 36.4. The van der Waals surface area contributed by atoms with E-state index >= 15 is 0 Å². The minimum atomic E-state index is -0.596. The van der Waals surface area contributed by atoms with Crippen LogP contribution in [0.25, 0.3) is 33.4 Å². The lowest BCUT2D eigenvalue weighted by Gasteiger charge is -2.35. The minimum Gasteiger partial charge on any atom is -0.508 e. The van der Waals surface area contributed by atoms with Crippen LogP contribution < -0.4 is 4.90 Å². The molecule has 0 fully saturated rings. The standard InChI is InChI=1S/C52H39NO/c1-51(2)47-19-11-9-17-43(47)45-31-27-40(33-49(45)51)53(39-25-21-36(22-26-39)35-13-5-3-6-14-35)41-28-32-46-44-18-10-12-20-48(44)52(50(46)34-41,37-15-7-4-8-16-37)38-23-29-42(54)30-24-38/h3-34,54H,1-2H3. The van der Waals surface area contributed by atoms with Crippen LogP contribution in [0.1, 0.15) is 47.2 Å². The third-order valence-electron chi connectivity index (χ3n) is 11.9. The van der Waals surface area contributed by atoms with Crippen LogP contribution in [0.3, 0.4) is 0 Å². The van der Waals surface area contributed by atoms with Gasteiger partial charge in [0.2, 0.25) is 0 Å². The number of phenols is 1. The smallest absolute Gasteiger partial charge is 0.115 e. The Balaban J connectivity index is 1.21. The van der Waals surface area contributed by atoms with Gasteiger partial charge in [0, 0.05) is 22.5 Å². The van der Waals surface area contributed by atoms with Gasteiger partial charge in [-0.1, -0.05) is 159 Å². The molecule has 258 valence electrons. The molecule has 54 heavy (non-hydrogen) atoms. The van der Waals surface area contributed by atoms with Crippen LogP contribution in [-0.4, -0.2) is 5.11 Å². The third-order valence-corrected chi connectivity index (χ3v) is 11.9. The fourth-order valence-electron chi connectivity index (χ4n) is 9.31. The van der Waals surface area contributed by atoms with E-state index in [1.165, 1.54) is 61.2 Å². The first-order valence-electron chi connectivity index (χ1n) is 18.7. The van der Waals surface area contributed by atoms with Crippen molar-refractivity contribution in [2.45, 2.75) is 24.7 Å². The number of hydrogen-bond acceptors (Lipinski definition) is 2. The highest BCUT2D eigenvalue weighted by Crippen LogP contribution is 2.58. The van der Waals surface area contributed by atoms with Crippen LogP contribution in [0.2, 0.25) is 0 Å². The van der Waals surface area contributed by atoms with Crippen LogP contribution in [0, 0.1) is 0 Å². The van der Waals surface area contributed by atoms with Gasteiger partial charge in [0.05, 0.1) is 5.41 Å². The molecule has 0 heterocycles. The van der Waals surface area contributed by atoms with Gasteiger partial charge >= 0.3 is 0 Å². The maximum atomic E-state index is 10.5. The fourth-order valence-corrected chi connectivity index (χ4v) is 9.31. The first-order valence-corrected chi connectivity index (χ1v) is 18.7. The van der Waals surface area contributed by atoms with Gasteiger partial charge in [0.25, 0.3) is 0 Å². The topological polar surface area (TPSA) is 23.5 Å². The molecule has 8 aromatic carbocycles. The Morgan fingerprint density at radius 1 is 0.370 bits per heavy atom. The maximum absolute atomic E-state index is 10.5. The molecule has 2 nitrogen and oxygen atoms in total. The number of rotatable bonds is 6. The minimum absolute atomic E-state index is 0.133. The Hall–Kier alpha value is -6.64. The lowest BCUT2D eigenvalue weighted by atomic mass is 9.67. The van der Waals surface area contributed by atoms with Crippen molar-refractivity contribution in [1.29, 1.82) is 0 Å². The van der Waals surface area contributed by atoms with Crippen molar-refractivity contribution in [2.24, 2.45) is 0 Å². The van der Waals surface area contributed by atoms with Gasteiger partial charge in [0.1, 0.15) is 5.75 Å². The second-order valence-electron chi connectivity index (χ2n) is 15.1. The molecule has 1 N–H and O–H groups in total. The van der Waals surface area contributed by atoms with E-state index in [1.54, 1.807) is 0 Å². The summed E-state index contributed by atoms with van der Waals surface area (Å²) in [5.74, 6) is 0.258. The number of phenolic OH excluding ortho intramolecular Hbond substituents is 1. The molecule has 10 rings (SSSR count). The predicted molar refractivity (Wildman–Crippen MR) is 223 cm³/mol. The SMILES string of the molecule is CC1(C)c2ccccc2-c2ccc(N(c3ccc(-c4ccccc4)cc3)c3ccc4c(c3)C(c3ccccc3)(c3ccc(O)cc3)c3ccccc3-4)cc21. The number of nitrogens with zero attached hydrogens (tertiary/aromatic N) is 1. The summed E-state index contributed by atoms with van der Waals surface area (Å²) in [6.45, 7) is 4.69. The van der Waals surface area contributed by atoms with Gasteiger partial charge in [-0.3, -0.25) is 0 Å². The van der Waals surface area contributed by atoms with E-state index < -0.39 is 5.41 Å². The van der Waals surface area contributed by atoms with Crippen molar-refractivity contribution in [1.82, 2.24) is 0 Å². The van der Waals surface area contributed by atoms with Crippen molar-refractivity contribution in [2.75, 3.05) is 4.90 Å². The van der Waals surface area contributed by atoms with Crippen LogP contribution in [-0.2, 0) is 10.8 Å². The summed E-state index contributed by atoms with van der Waals surface area (Å²) in [5.41, 5.74) is 17.5. The van der Waals surface area contributed by atoms with E-state index in [9.17, 15) is 5.11 Å².